The first kappa shape index (κ1) is 23.1. The molecule has 5 rings (SSSR count). The number of rotatable bonds is 5. The third-order valence-corrected chi connectivity index (χ3v) is 6.54. The Balaban J connectivity index is 1.48. The summed E-state index contributed by atoms with van der Waals surface area (Å²) in [4.78, 5) is 39.8. The van der Waals surface area contributed by atoms with Crippen LogP contribution < -0.4 is 9.64 Å². The van der Waals surface area contributed by atoms with Crippen LogP contribution in [0.15, 0.2) is 71.8 Å². The normalized spacial score (nSPS) is 17.0. The fourth-order valence-electron chi connectivity index (χ4n) is 4.30. The predicted molar refractivity (Wildman–Crippen MR) is 133 cm³/mol. The largest absolute Gasteiger partial charge is 0.497 e. The first-order chi connectivity index (χ1) is 16.9. The number of halogens is 2. The quantitative estimate of drug-likeness (QED) is 0.459. The van der Waals surface area contributed by atoms with Crippen LogP contribution in [0.4, 0.5) is 5.69 Å². The molecule has 176 valence electrons. The second kappa shape index (κ2) is 9.17. The molecule has 0 aliphatic carbocycles. The summed E-state index contributed by atoms with van der Waals surface area (Å²) in [5.41, 5.74) is 2.92. The Morgan fingerprint density at radius 1 is 1.03 bits per heavy atom. The molecule has 1 unspecified atom stereocenters. The van der Waals surface area contributed by atoms with Gasteiger partial charge in [-0.15, -0.1) is 0 Å². The second-order valence-electron chi connectivity index (χ2n) is 8.17. The monoisotopic (exact) mass is 507 g/mol. The van der Waals surface area contributed by atoms with Crippen molar-refractivity contribution in [1.82, 2.24) is 5.01 Å². The van der Waals surface area contributed by atoms with Gasteiger partial charge in [-0.1, -0.05) is 47.5 Å². The van der Waals surface area contributed by atoms with Gasteiger partial charge in [0.25, 0.3) is 17.6 Å². The number of fused-ring (bicyclic) bond motifs is 1. The van der Waals surface area contributed by atoms with Gasteiger partial charge >= 0.3 is 0 Å². The van der Waals surface area contributed by atoms with Gasteiger partial charge in [-0.05, 0) is 48.0 Å². The summed E-state index contributed by atoms with van der Waals surface area (Å²) in [6.45, 7) is -0.335. The van der Waals surface area contributed by atoms with Gasteiger partial charge in [0.05, 0.1) is 30.1 Å². The highest BCUT2D eigenvalue weighted by molar-refractivity contribution is 6.53. The standard InChI is InChI=1S/C26H19Cl2N3O4/c1-35-19-4-2-3-16(11-19)21-13-23(15-5-7-17(27)8-6-15)31(29-21)24(32)14-30-22-10-9-18(28)12-20(22)25(33)26(30)34/h2-12,23H,13-14H2,1H3. The Kier molecular flexibility index (Phi) is 6.05. The van der Waals surface area contributed by atoms with Crippen LogP contribution in [0.2, 0.25) is 10.0 Å². The molecule has 0 saturated carbocycles. The highest BCUT2D eigenvalue weighted by Gasteiger charge is 2.40. The van der Waals surface area contributed by atoms with E-state index in [0.717, 1.165) is 11.1 Å². The van der Waals surface area contributed by atoms with E-state index in [4.69, 9.17) is 27.9 Å². The van der Waals surface area contributed by atoms with E-state index in [0.29, 0.717) is 33.6 Å². The van der Waals surface area contributed by atoms with E-state index in [-0.39, 0.29) is 12.1 Å². The van der Waals surface area contributed by atoms with Gasteiger partial charge in [0.1, 0.15) is 12.3 Å². The van der Waals surface area contributed by atoms with Crippen LogP contribution in [0.5, 0.6) is 5.75 Å². The maximum absolute atomic E-state index is 13.5. The van der Waals surface area contributed by atoms with Gasteiger partial charge in [-0.3, -0.25) is 19.3 Å². The predicted octanol–water partition coefficient (Wildman–Crippen LogP) is 4.91. The van der Waals surface area contributed by atoms with Crippen molar-refractivity contribution >= 4 is 52.2 Å². The zero-order valence-corrected chi connectivity index (χ0v) is 20.1. The Hall–Kier alpha value is -3.68. The van der Waals surface area contributed by atoms with Crippen LogP contribution in [0.1, 0.15) is 33.9 Å². The molecule has 2 amide bonds. The van der Waals surface area contributed by atoms with Crippen molar-refractivity contribution in [2.75, 3.05) is 18.6 Å². The van der Waals surface area contributed by atoms with E-state index in [1.807, 2.05) is 36.4 Å². The maximum atomic E-state index is 13.5. The summed E-state index contributed by atoms with van der Waals surface area (Å²) in [6.07, 6.45) is 0.458. The Morgan fingerprint density at radius 2 is 1.77 bits per heavy atom. The number of hydrogen-bond acceptors (Lipinski definition) is 5. The van der Waals surface area contributed by atoms with Crippen LogP contribution >= 0.6 is 23.2 Å². The third-order valence-electron chi connectivity index (χ3n) is 6.05. The van der Waals surface area contributed by atoms with Gasteiger partial charge in [0.2, 0.25) is 0 Å². The van der Waals surface area contributed by atoms with Crippen molar-refractivity contribution in [2.24, 2.45) is 5.10 Å². The number of Topliss-reactive ketones (excluding diaryl/α,β-unsaturated/α-hetero) is 1. The lowest BCUT2D eigenvalue weighted by molar-refractivity contribution is -0.132. The van der Waals surface area contributed by atoms with Gasteiger partial charge in [0, 0.05) is 22.0 Å². The third kappa shape index (κ3) is 4.29. The number of methoxy groups -OCH3 is 1. The molecule has 0 aromatic heterocycles. The van der Waals surface area contributed by atoms with Crippen molar-refractivity contribution in [3.05, 3.63) is 93.5 Å². The molecule has 0 bridgehead atoms. The van der Waals surface area contributed by atoms with Gasteiger partial charge < -0.3 is 4.74 Å². The number of ether oxygens (including phenoxy) is 1. The number of amides is 2. The fourth-order valence-corrected chi connectivity index (χ4v) is 4.60. The van der Waals surface area contributed by atoms with E-state index in [1.54, 1.807) is 31.4 Å². The molecule has 0 radical (unpaired) electrons. The number of nitrogens with zero attached hydrogens (tertiary/aromatic N) is 3. The molecule has 3 aromatic carbocycles. The molecule has 0 spiro atoms. The minimum atomic E-state index is -0.769. The van der Waals surface area contributed by atoms with Crippen molar-refractivity contribution in [3.63, 3.8) is 0 Å². The lowest BCUT2D eigenvalue weighted by Crippen LogP contribution is -2.40. The Labute approximate surface area is 211 Å². The van der Waals surface area contributed by atoms with E-state index in [1.165, 1.54) is 16.0 Å². The molecule has 0 saturated heterocycles. The summed E-state index contributed by atoms with van der Waals surface area (Å²) in [5, 5.41) is 6.94. The molecule has 2 aliphatic rings. The average Bonchev–Trinajstić information content (AvgIpc) is 3.41. The maximum Gasteiger partial charge on any atom is 0.299 e. The molecule has 9 heteroatoms. The highest BCUT2D eigenvalue weighted by Crippen LogP contribution is 2.36. The second-order valence-corrected chi connectivity index (χ2v) is 9.04. The topological polar surface area (TPSA) is 79.3 Å². The summed E-state index contributed by atoms with van der Waals surface area (Å²) >= 11 is 12.1. The molecule has 1 atom stereocenters. The molecule has 0 fully saturated rings. The van der Waals surface area contributed by atoms with E-state index in [2.05, 4.69) is 5.10 Å². The molecule has 0 N–H and O–H groups in total. The number of carbonyl (C=O) groups is 3. The summed E-state index contributed by atoms with van der Waals surface area (Å²) in [7, 11) is 1.58. The zero-order chi connectivity index (χ0) is 24.7. The van der Waals surface area contributed by atoms with E-state index < -0.39 is 23.6 Å². The summed E-state index contributed by atoms with van der Waals surface area (Å²) in [5.74, 6) is -1.21. The molecule has 2 aliphatic heterocycles. The van der Waals surface area contributed by atoms with Crippen molar-refractivity contribution < 1.29 is 19.1 Å². The number of anilines is 1. The number of hydrazone groups is 1. The van der Waals surface area contributed by atoms with Crippen LogP contribution in [0, 0.1) is 0 Å². The summed E-state index contributed by atoms with van der Waals surface area (Å²) in [6, 6.07) is 18.8. The minimum absolute atomic E-state index is 0.187. The lowest BCUT2D eigenvalue weighted by Gasteiger charge is -2.24. The molecule has 3 aromatic rings. The van der Waals surface area contributed by atoms with Gasteiger partial charge in [-0.2, -0.15) is 5.10 Å². The molecular weight excluding hydrogens is 489 g/mol. The van der Waals surface area contributed by atoms with Gasteiger partial charge in [0.15, 0.2) is 0 Å². The first-order valence-corrected chi connectivity index (χ1v) is 11.6. The molecular formula is C26H19Cl2N3O4. The Morgan fingerprint density at radius 3 is 2.51 bits per heavy atom. The Bertz CT molecular complexity index is 1390. The lowest BCUT2D eigenvalue weighted by atomic mass is 9.98. The first-order valence-electron chi connectivity index (χ1n) is 10.8. The van der Waals surface area contributed by atoms with Crippen molar-refractivity contribution in [1.29, 1.82) is 0 Å². The number of ketones is 1. The number of benzene rings is 3. The van der Waals surface area contributed by atoms with Gasteiger partial charge in [-0.25, -0.2) is 5.01 Å². The van der Waals surface area contributed by atoms with E-state index >= 15 is 0 Å². The summed E-state index contributed by atoms with van der Waals surface area (Å²) < 4.78 is 5.33. The minimum Gasteiger partial charge on any atom is -0.497 e. The van der Waals surface area contributed by atoms with Crippen LogP contribution in [-0.2, 0) is 9.59 Å². The van der Waals surface area contributed by atoms with Crippen LogP contribution in [-0.4, -0.2) is 42.0 Å². The van der Waals surface area contributed by atoms with Crippen LogP contribution in [0.3, 0.4) is 0 Å². The molecule has 35 heavy (non-hydrogen) atoms. The number of hydrogen-bond donors (Lipinski definition) is 0. The molecule has 2 heterocycles. The smallest absolute Gasteiger partial charge is 0.299 e. The fraction of sp³-hybridized carbons (Fsp3) is 0.154. The van der Waals surface area contributed by atoms with Crippen molar-refractivity contribution in [2.45, 2.75) is 12.5 Å². The zero-order valence-electron chi connectivity index (χ0n) is 18.6. The average molecular weight is 508 g/mol. The molecule has 7 nitrogen and oxygen atoms in total. The number of carbonyl (C=O) groups excluding carboxylic acids is 3. The van der Waals surface area contributed by atoms with Crippen LogP contribution in [0.25, 0.3) is 0 Å². The SMILES string of the molecule is COc1cccc(C2=NN(C(=O)CN3C(=O)C(=O)c4cc(Cl)ccc43)C(c3ccc(Cl)cc3)C2)c1. The van der Waals surface area contributed by atoms with Crippen molar-refractivity contribution in [3.8, 4) is 5.75 Å². The van der Waals surface area contributed by atoms with E-state index in [9.17, 15) is 14.4 Å². The highest BCUT2D eigenvalue weighted by atomic mass is 35.5.